The molecule has 0 saturated heterocycles. The number of methoxy groups -OCH3 is 1. The number of carbonyl (C=O) groups excluding carboxylic acids is 2. The molecule has 0 radical (unpaired) electrons. The second-order valence-corrected chi connectivity index (χ2v) is 5.36. The number of ether oxygens (including phenoxy) is 1. The normalized spacial score (nSPS) is 13.9. The van der Waals surface area contributed by atoms with Crippen LogP contribution in [0.2, 0.25) is 4.34 Å². The predicted molar refractivity (Wildman–Crippen MR) is 67.4 cm³/mol. The molecule has 1 rings (SSSR count). The van der Waals surface area contributed by atoms with E-state index >= 15 is 0 Å². The minimum absolute atomic E-state index is 0.221. The molecule has 1 amide bonds. The summed E-state index contributed by atoms with van der Waals surface area (Å²) in [5, 5.41) is 2.59. The second kappa shape index (κ2) is 6.02. The smallest absolute Gasteiger partial charge is 0.328 e. The topological polar surface area (TPSA) is 55.4 Å². The molecule has 0 spiro atoms. The van der Waals surface area contributed by atoms with Gasteiger partial charge in [-0.2, -0.15) is 0 Å². The zero-order chi connectivity index (χ0) is 13.0. The predicted octanol–water partition coefficient (Wildman–Crippen LogP) is 2.18. The van der Waals surface area contributed by atoms with Crippen LogP contribution in [0.1, 0.15) is 24.6 Å². The van der Waals surface area contributed by atoms with Gasteiger partial charge in [0.25, 0.3) is 0 Å². The number of carbonyl (C=O) groups is 2. The number of amides is 1. The first-order valence-electron chi connectivity index (χ1n) is 5.09. The summed E-state index contributed by atoms with van der Waals surface area (Å²) in [6.07, 6.45) is 0. The van der Waals surface area contributed by atoms with E-state index in [0.29, 0.717) is 4.34 Å². The fraction of sp³-hybridized carbons (Fsp3) is 0.455. The largest absolute Gasteiger partial charge is 0.467 e. The first-order valence-corrected chi connectivity index (χ1v) is 6.28. The molecule has 1 N–H and O–H groups in total. The van der Waals surface area contributed by atoms with Gasteiger partial charge in [0, 0.05) is 4.88 Å². The van der Waals surface area contributed by atoms with Gasteiger partial charge in [0.15, 0.2) is 0 Å². The van der Waals surface area contributed by atoms with E-state index in [-0.39, 0.29) is 11.8 Å². The Hall–Kier alpha value is -1.07. The highest BCUT2D eigenvalue weighted by molar-refractivity contribution is 7.16. The van der Waals surface area contributed by atoms with Gasteiger partial charge in [-0.3, -0.25) is 4.79 Å². The van der Waals surface area contributed by atoms with Crippen molar-refractivity contribution in [1.82, 2.24) is 5.32 Å². The molecule has 0 unspecified atom stereocenters. The van der Waals surface area contributed by atoms with E-state index in [9.17, 15) is 9.59 Å². The van der Waals surface area contributed by atoms with Gasteiger partial charge >= 0.3 is 5.97 Å². The van der Waals surface area contributed by atoms with Crippen molar-refractivity contribution in [2.75, 3.05) is 7.11 Å². The maximum Gasteiger partial charge on any atom is 0.328 e. The van der Waals surface area contributed by atoms with Crippen molar-refractivity contribution in [2.45, 2.75) is 25.8 Å². The van der Waals surface area contributed by atoms with Crippen molar-refractivity contribution in [3.05, 3.63) is 21.3 Å². The number of nitrogens with one attached hydrogen (secondary N) is 1. The summed E-state index contributed by atoms with van der Waals surface area (Å²) in [6, 6.07) is 2.90. The van der Waals surface area contributed by atoms with Crippen LogP contribution in [0, 0.1) is 0 Å². The number of esters is 1. The fourth-order valence-electron chi connectivity index (χ4n) is 1.26. The lowest BCUT2D eigenvalue weighted by atomic mass is 10.1. The highest BCUT2D eigenvalue weighted by Crippen LogP contribution is 2.28. The third-order valence-corrected chi connectivity index (χ3v) is 3.74. The van der Waals surface area contributed by atoms with E-state index in [2.05, 4.69) is 10.1 Å². The Bertz CT molecular complexity index is 419. The van der Waals surface area contributed by atoms with Gasteiger partial charge in [-0.15, -0.1) is 11.3 Å². The molecular weight excluding hydrogens is 262 g/mol. The summed E-state index contributed by atoms with van der Waals surface area (Å²) >= 11 is 7.15. The van der Waals surface area contributed by atoms with Crippen LogP contribution in [0.4, 0.5) is 0 Å². The maximum atomic E-state index is 11.8. The molecule has 1 heterocycles. The molecule has 2 atom stereocenters. The molecule has 0 aliphatic carbocycles. The van der Waals surface area contributed by atoms with Gasteiger partial charge in [0.1, 0.15) is 6.04 Å². The SMILES string of the molecule is COC(=O)[C@@H](C)NC(=O)[C@@H](C)c1ccc(Cl)s1. The van der Waals surface area contributed by atoms with Crippen molar-refractivity contribution in [1.29, 1.82) is 0 Å². The van der Waals surface area contributed by atoms with Crippen LogP contribution in [-0.2, 0) is 14.3 Å². The molecule has 4 nitrogen and oxygen atoms in total. The van der Waals surface area contributed by atoms with Crippen LogP contribution in [-0.4, -0.2) is 25.0 Å². The highest BCUT2D eigenvalue weighted by atomic mass is 35.5. The van der Waals surface area contributed by atoms with Crippen LogP contribution in [0.15, 0.2) is 12.1 Å². The van der Waals surface area contributed by atoms with Crippen molar-refractivity contribution >= 4 is 34.8 Å². The minimum Gasteiger partial charge on any atom is -0.467 e. The summed E-state index contributed by atoms with van der Waals surface area (Å²) in [6.45, 7) is 3.35. The Morgan fingerprint density at radius 1 is 1.41 bits per heavy atom. The molecule has 0 bridgehead atoms. The molecule has 1 aromatic rings. The Balaban J connectivity index is 2.62. The van der Waals surface area contributed by atoms with E-state index in [1.807, 2.05) is 0 Å². The summed E-state index contributed by atoms with van der Waals surface area (Å²) in [7, 11) is 1.29. The lowest BCUT2D eigenvalue weighted by Crippen LogP contribution is -2.40. The number of hydrogen-bond donors (Lipinski definition) is 1. The van der Waals surface area contributed by atoms with Gasteiger partial charge in [0.05, 0.1) is 17.4 Å². The highest BCUT2D eigenvalue weighted by Gasteiger charge is 2.22. The Morgan fingerprint density at radius 3 is 2.53 bits per heavy atom. The lowest BCUT2D eigenvalue weighted by molar-refractivity contribution is -0.144. The third kappa shape index (κ3) is 3.71. The van der Waals surface area contributed by atoms with Crippen molar-refractivity contribution < 1.29 is 14.3 Å². The Labute approximate surface area is 109 Å². The van der Waals surface area contributed by atoms with Gasteiger partial charge in [-0.25, -0.2) is 4.79 Å². The number of hydrogen-bond acceptors (Lipinski definition) is 4. The monoisotopic (exact) mass is 275 g/mol. The van der Waals surface area contributed by atoms with Crippen LogP contribution in [0.3, 0.4) is 0 Å². The average molecular weight is 276 g/mol. The van der Waals surface area contributed by atoms with Crippen molar-refractivity contribution in [3.63, 3.8) is 0 Å². The molecule has 0 aromatic carbocycles. The quantitative estimate of drug-likeness (QED) is 0.857. The van der Waals surface area contributed by atoms with Gasteiger partial charge in [-0.05, 0) is 26.0 Å². The molecule has 0 saturated carbocycles. The number of rotatable bonds is 4. The molecule has 0 fully saturated rings. The molecular formula is C11H14ClNO3S. The van der Waals surface area contributed by atoms with E-state index in [1.165, 1.54) is 18.4 Å². The second-order valence-electron chi connectivity index (χ2n) is 3.62. The van der Waals surface area contributed by atoms with Crippen LogP contribution in [0.25, 0.3) is 0 Å². The summed E-state index contributed by atoms with van der Waals surface area (Å²) < 4.78 is 5.17. The number of thiophene rings is 1. The lowest BCUT2D eigenvalue weighted by Gasteiger charge is -2.14. The first-order chi connectivity index (χ1) is 7.95. The first kappa shape index (κ1) is 14.0. The Kier molecular flexibility index (Phi) is 4.96. The standard InChI is InChI=1S/C11H14ClNO3S/c1-6(8-4-5-9(12)17-8)10(14)13-7(2)11(15)16-3/h4-7H,1-3H3,(H,13,14)/t6-,7+/m0/s1. The summed E-state index contributed by atoms with van der Waals surface area (Å²) in [4.78, 5) is 23.8. The summed E-state index contributed by atoms with van der Waals surface area (Å²) in [5.41, 5.74) is 0. The van der Waals surface area contributed by atoms with E-state index in [4.69, 9.17) is 11.6 Å². The van der Waals surface area contributed by atoms with Crippen LogP contribution in [0.5, 0.6) is 0 Å². The minimum atomic E-state index is -0.648. The van der Waals surface area contributed by atoms with Gasteiger partial charge in [0.2, 0.25) is 5.91 Å². The molecule has 6 heteroatoms. The van der Waals surface area contributed by atoms with Gasteiger partial charge < -0.3 is 10.1 Å². The third-order valence-electron chi connectivity index (χ3n) is 2.33. The molecule has 1 aromatic heterocycles. The van der Waals surface area contributed by atoms with Gasteiger partial charge in [-0.1, -0.05) is 11.6 Å². The van der Waals surface area contributed by atoms with E-state index in [0.717, 1.165) is 4.88 Å². The molecule has 0 aliphatic heterocycles. The Morgan fingerprint density at radius 2 is 2.06 bits per heavy atom. The fourth-order valence-corrected chi connectivity index (χ4v) is 2.38. The maximum absolute atomic E-state index is 11.8. The molecule has 17 heavy (non-hydrogen) atoms. The molecule has 94 valence electrons. The summed E-state index contributed by atoms with van der Waals surface area (Å²) in [5.74, 6) is -1.02. The van der Waals surface area contributed by atoms with Crippen molar-refractivity contribution in [2.24, 2.45) is 0 Å². The zero-order valence-corrected chi connectivity index (χ0v) is 11.4. The van der Waals surface area contributed by atoms with Crippen LogP contribution >= 0.6 is 22.9 Å². The van der Waals surface area contributed by atoms with Crippen molar-refractivity contribution in [3.8, 4) is 0 Å². The van der Waals surface area contributed by atoms with Crippen LogP contribution < -0.4 is 5.32 Å². The van der Waals surface area contributed by atoms with E-state index in [1.54, 1.807) is 26.0 Å². The number of halogens is 1. The zero-order valence-electron chi connectivity index (χ0n) is 9.82. The van der Waals surface area contributed by atoms with E-state index < -0.39 is 12.0 Å². The average Bonchev–Trinajstić information content (AvgIpc) is 2.73. The molecule has 0 aliphatic rings.